The molecule has 0 aromatic rings. The number of rotatable bonds is 31. The van der Waals surface area contributed by atoms with Crippen molar-refractivity contribution in [3.05, 3.63) is 36.0 Å². The van der Waals surface area contributed by atoms with E-state index in [0.717, 1.165) is 70.6 Å². The van der Waals surface area contributed by atoms with Crippen molar-refractivity contribution >= 4 is 11.9 Å². The normalized spacial score (nSPS) is 12.8. The topological polar surface area (TPSA) is 72.8 Å². The maximum atomic E-state index is 12.5. The number of carbonyl (C=O) groups is 2. The Morgan fingerprint density at radius 2 is 1.05 bits per heavy atom. The Bertz CT molecular complexity index is 724. The number of hydrogen-bond acceptors (Lipinski definition) is 5. The molecule has 0 aliphatic carbocycles. The fourth-order valence-corrected chi connectivity index (χ4v) is 4.93. The predicted molar refractivity (Wildman–Crippen MR) is 182 cm³/mol. The molecular formula is C38H68O5. The van der Waals surface area contributed by atoms with E-state index in [1.165, 1.54) is 76.2 Å². The Morgan fingerprint density at radius 1 is 0.581 bits per heavy atom. The summed E-state index contributed by atoms with van der Waals surface area (Å²) < 4.78 is 10.8. The third-order valence-corrected chi connectivity index (χ3v) is 7.81. The van der Waals surface area contributed by atoms with Crippen molar-refractivity contribution < 1.29 is 24.2 Å². The smallest absolute Gasteiger partial charge is 0.330 e. The summed E-state index contributed by atoms with van der Waals surface area (Å²) in [4.78, 5) is 24.6. The van der Waals surface area contributed by atoms with Gasteiger partial charge in [0, 0.05) is 12.5 Å². The molecule has 0 bridgehead atoms. The molecule has 1 N–H and O–H groups in total. The van der Waals surface area contributed by atoms with E-state index in [4.69, 9.17) is 9.47 Å². The second-order valence-electron chi connectivity index (χ2n) is 12.1. The van der Waals surface area contributed by atoms with Crippen molar-refractivity contribution in [1.29, 1.82) is 0 Å². The van der Waals surface area contributed by atoms with Gasteiger partial charge < -0.3 is 14.6 Å². The first-order chi connectivity index (χ1) is 21.1. The van der Waals surface area contributed by atoms with Gasteiger partial charge in [-0.05, 0) is 64.2 Å². The lowest BCUT2D eigenvalue weighted by Crippen LogP contribution is -2.23. The van der Waals surface area contributed by atoms with Gasteiger partial charge >= 0.3 is 11.9 Å². The number of hydrogen-bond donors (Lipinski definition) is 1. The van der Waals surface area contributed by atoms with Gasteiger partial charge in [0.25, 0.3) is 0 Å². The highest BCUT2D eigenvalue weighted by atomic mass is 16.5. The monoisotopic (exact) mass is 605 g/mol. The van der Waals surface area contributed by atoms with E-state index < -0.39 is 5.92 Å². The Hall–Kier alpha value is -1.88. The van der Waals surface area contributed by atoms with Crippen LogP contribution in [0.3, 0.4) is 0 Å². The number of carbonyl (C=O) groups excluding carboxylic acids is 2. The van der Waals surface area contributed by atoms with Gasteiger partial charge in [0.15, 0.2) is 0 Å². The molecule has 0 saturated carbocycles. The molecule has 43 heavy (non-hydrogen) atoms. The summed E-state index contributed by atoms with van der Waals surface area (Å²) >= 11 is 0. The molecule has 0 aromatic heterocycles. The van der Waals surface area contributed by atoms with E-state index in [1.54, 1.807) is 6.08 Å². The zero-order valence-electron chi connectivity index (χ0n) is 28.4. The van der Waals surface area contributed by atoms with Crippen molar-refractivity contribution in [1.82, 2.24) is 0 Å². The zero-order valence-corrected chi connectivity index (χ0v) is 28.4. The Morgan fingerprint density at radius 3 is 1.67 bits per heavy atom. The van der Waals surface area contributed by atoms with Gasteiger partial charge in [0.05, 0.1) is 25.7 Å². The average molecular weight is 605 g/mol. The molecule has 1 atom stereocenters. The maximum absolute atomic E-state index is 12.5. The summed E-state index contributed by atoms with van der Waals surface area (Å²) in [6.07, 6.45) is 36.4. The highest BCUT2D eigenvalue weighted by Crippen LogP contribution is 2.18. The van der Waals surface area contributed by atoms with Gasteiger partial charge in [0.2, 0.25) is 0 Å². The minimum absolute atomic E-state index is 0.0576. The van der Waals surface area contributed by atoms with E-state index in [9.17, 15) is 14.7 Å². The van der Waals surface area contributed by atoms with E-state index in [0.29, 0.717) is 6.42 Å². The lowest BCUT2D eigenvalue weighted by atomic mass is 10.00. The molecule has 0 amide bonds. The largest absolute Gasteiger partial charge is 0.465 e. The second-order valence-corrected chi connectivity index (χ2v) is 12.1. The van der Waals surface area contributed by atoms with Crippen molar-refractivity contribution in [2.75, 3.05) is 19.8 Å². The van der Waals surface area contributed by atoms with Crippen LogP contribution in [0.4, 0.5) is 0 Å². The van der Waals surface area contributed by atoms with Crippen molar-refractivity contribution in [3.8, 4) is 0 Å². The van der Waals surface area contributed by atoms with E-state index in [1.807, 2.05) is 0 Å². The second kappa shape index (κ2) is 33.0. The van der Waals surface area contributed by atoms with Crippen molar-refractivity contribution in [3.63, 3.8) is 0 Å². The molecule has 5 nitrogen and oxygen atoms in total. The Kier molecular flexibility index (Phi) is 31.6. The number of allylic oxidation sites excluding steroid dienone is 5. The number of aliphatic hydroxyl groups excluding tert-OH is 1. The number of unbranched alkanes of at least 4 members (excludes halogenated alkanes) is 15. The number of esters is 2. The van der Waals surface area contributed by atoms with Crippen LogP contribution in [-0.2, 0) is 19.1 Å². The van der Waals surface area contributed by atoms with Crippen LogP contribution in [0.15, 0.2) is 36.0 Å². The summed E-state index contributed by atoms with van der Waals surface area (Å²) in [7, 11) is 0. The predicted octanol–water partition coefficient (Wildman–Crippen LogP) is 10.8. The van der Waals surface area contributed by atoms with Crippen LogP contribution in [0.25, 0.3) is 0 Å². The minimum atomic E-state index is -0.395. The molecule has 0 fully saturated rings. The molecule has 0 spiro atoms. The van der Waals surface area contributed by atoms with E-state index in [2.05, 4.69) is 45.1 Å². The highest BCUT2D eigenvalue weighted by molar-refractivity contribution is 5.82. The first-order valence-electron chi connectivity index (χ1n) is 18.0. The summed E-state index contributed by atoms with van der Waals surface area (Å²) in [5, 5.41) is 9.69. The van der Waals surface area contributed by atoms with Gasteiger partial charge in [-0.1, -0.05) is 128 Å². The van der Waals surface area contributed by atoms with Crippen LogP contribution >= 0.6 is 0 Å². The SMILES string of the molecule is CCCCC/C=C\C/C=C\CCCCCCCC(=O)OCC(CO)COC(=O)/C=C(\CCCCC)CCCCCCCC. The van der Waals surface area contributed by atoms with Gasteiger partial charge in [-0.2, -0.15) is 0 Å². The lowest BCUT2D eigenvalue weighted by Gasteiger charge is -2.15. The fraction of sp³-hybridized carbons (Fsp3) is 0.789. The zero-order chi connectivity index (χ0) is 31.6. The molecule has 0 aliphatic rings. The molecule has 0 aromatic carbocycles. The third-order valence-electron chi connectivity index (χ3n) is 7.81. The maximum Gasteiger partial charge on any atom is 0.330 e. The van der Waals surface area contributed by atoms with E-state index >= 15 is 0 Å². The standard InChI is InChI=1S/C38H68O5/c1-4-7-10-12-14-15-16-17-18-19-20-21-22-24-27-30-37(40)42-33-36(32-39)34-43-38(41)31-35(28-25-9-6-3)29-26-23-13-11-8-5-2/h14-15,17-18,31,36,39H,4-13,16,19-30,32-34H2,1-3H3/b15-14-,18-17-,35-31+. The number of aliphatic hydroxyl groups is 1. The summed E-state index contributed by atoms with van der Waals surface area (Å²) in [6.45, 7) is 6.60. The van der Waals surface area contributed by atoms with Gasteiger partial charge in [-0.15, -0.1) is 0 Å². The van der Waals surface area contributed by atoms with Crippen LogP contribution in [0, 0.1) is 5.92 Å². The van der Waals surface area contributed by atoms with Crippen LogP contribution in [0.2, 0.25) is 0 Å². The Balaban J connectivity index is 4.06. The molecule has 0 radical (unpaired) electrons. The number of ether oxygens (including phenoxy) is 2. The lowest BCUT2D eigenvalue weighted by molar-refractivity contribution is -0.147. The average Bonchev–Trinajstić information content (AvgIpc) is 3.00. The third kappa shape index (κ3) is 29.9. The van der Waals surface area contributed by atoms with Crippen molar-refractivity contribution in [2.45, 2.75) is 168 Å². The molecular weight excluding hydrogens is 536 g/mol. The van der Waals surface area contributed by atoms with Gasteiger partial charge in [0.1, 0.15) is 0 Å². The molecule has 5 heteroatoms. The molecule has 0 aliphatic heterocycles. The van der Waals surface area contributed by atoms with E-state index in [-0.39, 0.29) is 31.8 Å². The molecule has 0 rings (SSSR count). The molecule has 0 heterocycles. The van der Waals surface area contributed by atoms with Gasteiger partial charge in [-0.3, -0.25) is 4.79 Å². The summed E-state index contributed by atoms with van der Waals surface area (Å²) in [5.74, 6) is -0.993. The molecule has 0 saturated heterocycles. The first kappa shape index (κ1) is 41.1. The van der Waals surface area contributed by atoms with Gasteiger partial charge in [-0.25, -0.2) is 4.79 Å². The summed E-state index contributed by atoms with van der Waals surface area (Å²) in [5.41, 5.74) is 1.17. The van der Waals surface area contributed by atoms with Crippen LogP contribution in [-0.4, -0.2) is 36.9 Å². The quantitative estimate of drug-likeness (QED) is 0.0369. The van der Waals surface area contributed by atoms with Crippen LogP contribution in [0.1, 0.15) is 168 Å². The van der Waals surface area contributed by atoms with Crippen LogP contribution < -0.4 is 0 Å². The first-order valence-corrected chi connectivity index (χ1v) is 18.0. The Labute approximate surface area is 266 Å². The molecule has 250 valence electrons. The highest BCUT2D eigenvalue weighted by Gasteiger charge is 2.14. The molecule has 1 unspecified atom stereocenters. The van der Waals surface area contributed by atoms with Crippen molar-refractivity contribution in [2.24, 2.45) is 5.92 Å². The minimum Gasteiger partial charge on any atom is -0.465 e. The van der Waals surface area contributed by atoms with Crippen LogP contribution in [0.5, 0.6) is 0 Å². The summed E-state index contributed by atoms with van der Waals surface area (Å²) in [6, 6.07) is 0. The fourth-order valence-electron chi connectivity index (χ4n) is 4.93.